The summed E-state index contributed by atoms with van der Waals surface area (Å²) in [6, 6.07) is 0. The highest BCUT2D eigenvalue weighted by molar-refractivity contribution is 5.93. The first-order chi connectivity index (χ1) is 6.56. The van der Waals surface area contributed by atoms with Gasteiger partial charge in [-0.2, -0.15) is 0 Å². The molecule has 0 aliphatic heterocycles. The number of carbonyl (C=O) groups is 2. The van der Waals surface area contributed by atoms with Crippen LogP contribution < -0.4 is 5.32 Å². The molecule has 1 saturated carbocycles. The Balaban J connectivity index is 2.51. The summed E-state index contributed by atoms with van der Waals surface area (Å²) < 4.78 is 0. The van der Waals surface area contributed by atoms with Crippen molar-refractivity contribution in [3.05, 3.63) is 11.8 Å². The zero-order chi connectivity index (χ0) is 10.7. The van der Waals surface area contributed by atoms with Crippen LogP contribution in [0.15, 0.2) is 11.8 Å². The standard InChI is InChI=1S/C10H15NO3/c1-3-8(10(13)14)11-9(12)7-5-4-6(7)2/h3,6-7H,4-5H2,1-2H3,(H,11,12)(H,13,14)/b8-3-. The van der Waals surface area contributed by atoms with Gasteiger partial charge in [-0.3, -0.25) is 4.79 Å². The highest BCUT2D eigenvalue weighted by Gasteiger charge is 2.33. The quantitative estimate of drug-likeness (QED) is 0.667. The normalized spacial score (nSPS) is 26.6. The number of aliphatic carboxylic acids is 1. The topological polar surface area (TPSA) is 66.4 Å². The van der Waals surface area contributed by atoms with E-state index < -0.39 is 5.97 Å². The van der Waals surface area contributed by atoms with Crippen LogP contribution in [0.1, 0.15) is 26.7 Å². The average molecular weight is 197 g/mol. The molecule has 2 atom stereocenters. The Hall–Kier alpha value is -1.32. The highest BCUT2D eigenvalue weighted by atomic mass is 16.4. The van der Waals surface area contributed by atoms with E-state index in [9.17, 15) is 9.59 Å². The molecule has 0 bridgehead atoms. The van der Waals surface area contributed by atoms with Gasteiger partial charge in [0.05, 0.1) is 0 Å². The lowest BCUT2D eigenvalue weighted by atomic mass is 9.74. The molecule has 1 rings (SSSR count). The fourth-order valence-electron chi connectivity index (χ4n) is 1.53. The Morgan fingerprint density at radius 2 is 2.07 bits per heavy atom. The van der Waals surface area contributed by atoms with Gasteiger partial charge in [-0.1, -0.05) is 13.0 Å². The maximum atomic E-state index is 11.5. The van der Waals surface area contributed by atoms with Crippen molar-refractivity contribution in [2.75, 3.05) is 0 Å². The van der Waals surface area contributed by atoms with Crippen LogP contribution >= 0.6 is 0 Å². The van der Waals surface area contributed by atoms with Crippen molar-refractivity contribution in [1.82, 2.24) is 5.32 Å². The monoisotopic (exact) mass is 197 g/mol. The zero-order valence-electron chi connectivity index (χ0n) is 8.41. The third kappa shape index (κ3) is 2.13. The highest BCUT2D eigenvalue weighted by Crippen LogP contribution is 2.33. The fraction of sp³-hybridized carbons (Fsp3) is 0.600. The summed E-state index contributed by atoms with van der Waals surface area (Å²) in [5.41, 5.74) is -0.0332. The van der Waals surface area contributed by atoms with Crippen molar-refractivity contribution < 1.29 is 14.7 Å². The van der Waals surface area contributed by atoms with Gasteiger partial charge in [-0.25, -0.2) is 4.79 Å². The van der Waals surface area contributed by atoms with Gasteiger partial charge < -0.3 is 10.4 Å². The van der Waals surface area contributed by atoms with E-state index in [-0.39, 0.29) is 17.5 Å². The molecule has 78 valence electrons. The lowest BCUT2D eigenvalue weighted by molar-refractivity contribution is -0.136. The maximum Gasteiger partial charge on any atom is 0.352 e. The number of allylic oxidation sites excluding steroid dienone is 1. The summed E-state index contributed by atoms with van der Waals surface area (Å²) in [4.78, 5) is 22.1. The first kappa shape index (κ1) is 10.8. The molecule has 1 aliphatic rings. The van der Waals surface area contributed by atoms with Gasteiger partial charge in [-0.05, 0) is 25.7 Å². The Morgan fingerprint density at radius 3 is 2.36 bits per heavy atom. The van der Waals surface area contributed by atoms with Gasteiger partial charge in [0.1, 0.15) is 5.70 Å². The molecule has 0 spiro atoms. The molecule has 0 aromatic carbocycles. The van der Waals surface area contributed by atoms with Crippen molar-refractivity contribution in [2.24, 2.45) is 11.8 Å². The number of rotatable bonds is 3. The van der Waals surface area contributed by atoms with E-state index in [1.807, 2.05) is 6.92 Å². The second kappa shape index (κ2) is 4.26. The minimum atomic E-state index is -1.09. The van der Waals surface area contributed by atoms with Crippen LogP contribution in [0, 0.1) is 11.8 Å². The predicted octanol–water partition coefficient (Wildman–Crippen LogP) is 1.14. The van der Waals surface area contributed by atoms with Crippen molar-refractivity contribution >= 4 is 11.9 Å². The lowest BCUT2D eigenvalue weighted by Crippen LogP contribution is -2.40. The van der Waals surface area contributed by atoms with Crippen LogP contribution in [0.3, 0.4) is 0 Å². The number of amides is 1. The predicted molar refractivity (Wildman–Crippen MR) is 51.4 cm³/mol. The molecule has 0 aromatic rings. The summed E-state index contributed by atoms with van der Waals surface area (Å²) in [7, 11) is 0. The van der Waals surface area contributed by atoms with Crippen LogP contribution in [0.4, 0.5) is 0 Å². The van der Waals surface area contributed by atoms with Crippen LogP contribution in [0.25, 0.3) is 0 Å². The Kier molecular flexibility index (Phi) is 3.28. The molecule has 2 N–H and O–H groups in total. The smallest absolute Gasteiger partial charge is 0.352 e. The Morgan fingerprint density at radius 1 is 1.43 bits per heavy atom. The molecular weight excluding hydrogens is 182 g/mol. The van der Waals surface area contributed by atoms with Crippen LogP contribution in [0.5, 0.6) is 0 Å². The molecule has 14 heavy (non-hydrogen) atoms. The minimum Gasteiger partial charge on any atom is -0.477 e. The van der Waals surface area contributed by atoms with Crippen molar-refractivity contribution in [3.8, 4) is 0 Å². The summed E-state index contributed by atoms with van der Waals surface area (Å²) in [5, 5.41) is 11.1. The molecule has 1 amide bonds. The third-order valence-corrected chi connectivity index (χ3v) is 2.73. The van der Waals surface area contributed by atoms with E-state index in [4.69, 9.17) is 5.11 Å². The van der Waals surface area contributed by atoms with Crippen LogP contribution in [0.2, 0.25) is 0 Å². The minimum absolute atomic E-state index is 0.00991. The molecule has 0 aromatic heterocycles. The first-order valence-electron chi connectivity index (χ1n) is 4.76. The van der Waals surface area contributed by atoms with Gasteiger partial charge in [0.2, 0.25) is 5.91 Å². The van der Waals surface area contributed by atoms with Crippen LogP contribution in [-0.4, -0.2) is 17.0 Å². The summed E-state index contributed by atoms with van der Waals surface area (Å²) in [6.45, 7) is 3.60. The van der Waals surface area contributed by atoms with E-state index in [1.54, 1.807) is 6.92 Å². The van der Waals surface area contributed by atoms with E-state index in [0.717, 1.165) is 12.8 Å². The van der Waals surface area contributed by atoms with Gasteiger partial charge in [0, 0.05) is 5.92 Å². The summed E-state index contributed by atoms with van der Waals surface area (Å²) in [5.74, 6) is -0.890. The van der Waals surface area contributed by atoms with Crippen LogP contribution in [-0.2, 0) is 9.59 Å². The SMILES string of the molecule is C/C=C(\NC(=O)C1CCC1C)C(=O)O. The van der Waals surface area contributed by atoms with Crippen molar-refractivity contribution in [2.45, 2.75) is 26.7 Å². The number of carboxylic acids is 1. The molecule has 1 fully saturated rings. The van der Waals surface area contributed by atoms with Gasteiger partial charge in [0.25, 0.3) is 0 Å². The Labute approximate surface area is 83.0 Å². The molecule has 0 heterocycles. The number of hydrogen-bond donors (Lipinski definition) is 2. The first-order valence-corrected chi connectivity index (χ1v) is 4.76. The van der Waals surface area contributed by atoms with Crippen molar-refractivity contribution in [3.63, 3.8) is 0 Å². The lowest BCUT2D eigenvalue weighted by Gasteiger charge is -2.32. The number of nitrogens with one attached hydrogen (secondary N) is 1. The largest absolute Gasteiger partial charge is 0.477 e. The van der Waals surface area contributed by atoms with Gasteiger partial charge >= 0.3 is 5.97 Å². The molecule has 0 radical (unpaired) electrons. The Bertz CT molecular complexity index is 283. The van der Waals surface area contributed by atoms with E-state index in [1.165, 1.54) is 6.08 Å². The van der Waals surface area contributed by atoms with Gasteiger partial charge in [-0.15, -0.1) is 0 Å². The zero-order valence-corrected chi connectivity index (χ0v) is 8.41. The number of carboxylic acid groups (broad SMARTS) is 1. The molecule has 1 aliphatic carbocycles. The number of carbonyl (C=O) groups excluding carboxylic acids is 1. The summed E-state index contributed by atoms with van der Waals surface area (Å²) >= 11 is 0. The molecule has 4 nitrogen and oxygen atoms in total. The maximum absolute atomic E-state index is 11.5. The third-order valence-electron chi connectivity index (χ3n) is 2.73. The fourth-order valence-corrected chi connectivity index (χ4v) is 1.53. The van der Waals surface area contributed by atoms with Crippen molar-refractivity contribution in [1.29, 1.82) is 0 Å². The molecule has 4 heteroatoms. The number of hydrogen-bond acceptors (Lipinski definition) is 2. The second-order valence-electron chi connectivity index (χ2n) is 3.66. The van der Waals surface area contributed by atoms with E-state index in [0.29, 0.717) is 5.92 Å². The molecular formula is C10H15NO3. The average Bonchev–Trinajstić information content (AvgIpc) is 2.11. The van der Waals surface area contributed by atoms with Gasteiger partial charge in [0.15, 0.2) is 0 Å². The van der Waals surface area contributed by atoms with E-state index >= 15 is 0 Å². The second-order valence-corrected chi connectivity index (χ2v) is 3.66. The molecule has 0 saturated heterocycles. The summed E-state index contributed by atoms with van der Waals surface area (Å²) in [6.07, 6.45) is 3.31. The molecule has 2 unspecified atom stereocenters. The van der Waals surface area contributed by atoms with E-state index in [2.05, 4.69) is 5.32 Å².